The van der Waals surface area contributed by atoms with Crippen molar-refractivity contribution in [2.75, 3.05) is 13.7 Å². The predicted molar refractivity (Wildman–Crippen MR) is 88.2 cm³/mol. The number of imide groups is 1. The van der Waals surface area contributed by atoms with Gasteiger partial charge in [-0.2, -0.15) is 0 Å². The molecule has 10 heteroatoms. The number of rotatable bonds is 7. The lowest BCUT2D eigenvalue weighted by molar-refractivity contribution is -0.119. The molecule has 128 valence electrons. The SMILES string of the molecule is COCCn1c(S[C@@H](C)C(=O)NC(N)=O)nnc1-c1ccncc1. The van der Waals surface area contributed by atoms with E-state index in [9.17, 15) is 9.59 Å². The summed E-state index contributed by atoms with van der Waals surface area (Å²) in [6.45, 7) is 2.64. The first-order valence-electron chi connectivity index (χ1n) is 7.12. The summed E-state index contributed by atoms with van der Waals surface area (Å²) in [6.07, 6.45) is 3.33. The average Bonchev–Trinajstić information content (AvgIpc) is 2.95. The number of nitrogens with two attached hydrogens (primary N) is 1. The van der Waals surface area contributed by atoms with Crippen LogP contribution in [-0.2, 0) is 16.1 Å². The third-order valence-electron chi connectivity index (χ3n) is 3.07. The van der Waals surface area contributed by atoms with Crippen molar-refractivity contribution >= 4 is 23.7 Å². The molecule has 0 aliphatic rings. The molecule has 2 heterocycles. The number of aromatic nitrogens is 4. The summed E-state index contributed by atoms with van der Waals surface area (Å²) in [6, 6.07) is 2.77. The van der Waals surface area contributed by atoms with E-state index in [2.05, 4.69) is 20.5 Å². The van der Waals surface area contributed by atoms with Gasteiger partial charge in [0.1, 0.15) is 0 Å². The molecule has 0 aliphatic heterocycles. The van der Waals surface area contributed by atoms with Crippen LogP contribution < -0.4 is 11.1 Å². The van der Waals surface area contributed by atoms with Crippen LogP contribution in [0, 0.1) is 0 Å². The van der Waals surface area contributed by atoms with Gasteiger partial charge in [-0.1, -0.05) is 11.8 Å². The van der Waals surface area contributed by atoms with Gasteiger partial charge in [-0.15, -0.1) is 10.2 Å². The molecule has 2 aromatic rings. The van der Waals surface area contributed by atoms with E-state index < -0.39 is 17.2 Å². The first-order chi connectivity index (χ1) is 11.5. The topological polar surface area (TPSA) is 125 Å². The summed E-state index contributed by atoms with van der Waals surface area (Å²) in [5.41, 5.74) is 5.82. The first-order valence-corrected chi connectivity index (χ1v) is 8.00. The van der Waals surface area contributed by atoms with Crippen molar-refractivity contribution in [1.29, 1.82) is 0 Å². The van der Waals surface area contributed by atoms with Crippen LogP contribution in [0.25, 0.3) is 11.4 Å². The third-order valence-corrected chi connectivity index (χ3v) is 4.15. The third kappa shape index (κ3) is 4.52. The Hall–Kier alpha value is -2.46. The number of carbonyl (C=O) groups is 2. The van der Waals surface area contributed by atoms with Gasteiger partial charge in [-0.05, 0) is 19.1 Å². The van der Waals surface area contributed by atoms with Gasteiger partial charge in [0, 0.05) is 25.1 Å². The van der Waals surface area contributed by atoms with Crippen molar-refractivity contribution in [3.8, 4) is 11.4 Å². The number of nitrogens with zero attached hydrogens (tertiary/aromatic N) is 4. The van der Waals surface area contributed by atoms with Crippen LogP contribution >= 0.6 is 11.8 Å². The Morgan fingerprint density at radius 2 is 2.08 bits per heavy atom. The lowest BCUT2D eigenvalue weighted by Gasteiger charge is -2.12. The lowest BCUT2D eigenvalue weighted by Crippen LogP contribution is -2.39. The van der Waals surface area contributed by atoms with E-state index in [1.54, 1.807) is 26.4 Å². The summed E-state index contributed by atoms with van der Waals surface area (Å²) in [5, 5.41) is 10.4. The summed E-state index contributed by atoms with van der Waals surface area (Å²) >= 11 is 1.18. The Morgan fingerprint density at radius 1 is 1.38 bits per heavy atom. The summed E-state index contributed by atoms with van der Waals surface area (Å²) < 4.78 is 6.99. The Bertz CT molecular complexity index is 706. The minimum Gasteiger partial charge on any atom is -0.383 e. The molecule has 3 N–H and O–H groups in total. The number of pyridine rings is 1. The number of urea groups is 1. The highest BCUT2D eigenvalue weighted by Crippen LogP contribution is 2.26. The number of hydrogen-bond acceptors (Lipinski definition) is 7. The molecular weight excluding hydrogens is 332 g/mol. The molecule has 0 fully saturated rings. The average molecular weight is 350 g/mol. The highest BCUT2D eigenvalue weighted by molar-refractivity contribution is 8.00. The van der Waals surface area contributed by atoms with E-state index in [1.807, 2.05) is 16.7 Å². The van der Waals surface area contributed by atoms with Crippen molar-refractivity contribution in [3.63, 3.8) is 0 Å². The molecule has 0 aromatic carbocycles. The second kappa shape index (κ2) is 8.41. The maximum Gasteiger partial charge on any atom is 0.318 e. The standard InChI is InChI=1S/C14H18N6O3S/c1-9(12(21)17-13(15)22)24-14-19-18-11(20(14)7-8-23-2)10-3-5-16-6-4-10/h3-6,9H,7-8H2,1-2H3,(H3,15,17,21,22)/t9-/m0/s1. The number of primary amides is 1. The highest BCUT2D eigenvalue weighted by atomic mass is 32.2. The molecule has 0 unspecified atom stereocenters. The molecule has 0 radical (unpaired) electrons. The predicted octanol–water partition coefficient (Wildman–Crippen LogP) is 0.662. The molecule has 0 aliphatic carbocycles. The number of carbonyl (C=O) groups excluding carboxylic acids is 2. The van der Waals surface area contributed by atoms with Crippen molar-refractivity contribution in [2.45, 2.75) is 23.9 Å². The Labute approximate surface area is 143 Å². The number of nitrogens with one attached hydrogen (secondary N) is 1. The Morgan fingerprint density at radius 3 is 2.71 bits per heavy atom. The van der Waals surface area contributed by atoms with Crippen LogP contribution in [0.3, 0.4) is 0 Å². The molecule has 0 spiro atoms. The van der Waals surface area contributed by atoms with Crippen LogP contribution in [0.4, 0.5) is 4.79 Å². The fourth-order valence-electron chi connectivity index (χ4n) is 1.91. The molecule has 24 heavy (non-hydrogen) atoms. The zero-order valence-corrected chi connectivity index (χ0v) is 14.1. The molecule has 0 bridgehead atoms. The highest BCUT2D eigenvalue weighted by Gasteiger charge is 2.21. The monoisotopic (exact) mass is 350 g/mol. The van der Waals surface area contributed by atoms with E-state index in [0.717, 1.165) is 5.56 Å². The zero-order valence-electron chi connectivity index (χ0n) is 13.3. The smallest absolute Gasteiger partial charge is 0.318 e. The number of thioether (sulfide) groups is 1. The van der Waals surface area contributed by atoms with E-state index in [0.29, 0.717) is 24.1 Å². The van der Waals surface area contributed by atoms with Crippen LogP contribution in [-0.4, -0.2) is 50.7 Å². The van der Waals surface area contributed by atoms with Gasteiger partial charge in [-0.3, -0.25) is 19.7 Å². The van der Waals surface area contributed by atoms with E-state index >= 15 is 0 Å². The van der Waals surface area contributed by atoms with E-state index in [4.69, 9.17) is 10.5 Å². The van der Waals surface area contributed by atoms with Gasteiger partial charge < -0.3 is 10.5 Å². The van der Waals surface area contributed by atoms with E-state index in [1.165, 1.54) is 11.8 Å². The van der Waals surface area contributed by atoms with Crippen LogP contribution in [0.15, 0.2) is 29.7 Å². The summed E-state index contributed by atoms with van der Waals surface area (Å²) in [5.74, 6) is 0.165. The minimum absolute atomic E-state index is 0.464. The molecule has 0 saturated heterocycles. The molecule has 0 saturated carbocycles. The maximum absolute atomic E-state index is 11.8. The lowest BCUT2D eigenvalue weighted by atomic mass is 10.2. The van der Waals surface area contributed by atoms with Crippen molar-refractivity contribution in [3.05, 3.63) is 24.5 Å². The molecule has 3 amide bonds. The molecular formula is C14H18N6O3S. The Balaban J connectivity index is 2.24. The number of ether oxygens (including phenoxy) is 1. The van der Waals surface area contributed by atoms with Crippen LogP contribution in [0.5, 0.6) is 0 Å². The molecule has 1 atom stereocenters. The van der Waals surface area contributed by atoms with Gasteiger partial charge in [-0.25, -0.2) is 4.79 Å². The largest absolute Gasteiger partial charge is 0.383 e. The quantitative estimate of drug-likeness (QED) is 0.703. The fourth-order valence-corrected chi connectivity index (χ4v) is 2.78. The van der Waals surface area contributed by atoms with Crippen molar-refractivity contribution < 1.29 is 14.3 Å². The minimum atomic E-state index is -0.884. The molecule has 2 rings (SSSR count). The van der Waals surface area contributed by atoms with Gasteiger partial charge in [0.25, 0.3) is 0 Å². The second-order valence-corrected chi connectivity index (χ2v) is 6.11. The second-order valence-electron chi connectivity index (χ2n) is 4.80. The van der Waals surface area contributed by atoms with Gasteiger partial charge in [0.2, 0.25) is 5.91 Å². The Kier molecular flexibility index (Phi) is 6.27. The molecule has 2 aromatic heterocycles. The first kappa shape index (κ1) is 17.9. The zero-order chi connectivity index (χ0) is 17.5. The number of hydrogen-bond donors (Lipinski definition) is 2. The van der Waals surface area contributed by atoms with Crippen LogP contribution in [0.2, 0.25) is 0 Å². The van der Waals surface area contributed by atoms with Crippen molar-refractivity contribution in [1.82, 2.24) is 25.1 Å². The van der Waals surface area contributed by atoms with Gasteiger partial charge >= 0.3 is 6.03 Å². The normalized spacial score (nSPS) is 11.9. The van der Waals surface area contributed by atoms with Crippen LogP contribution in [0.1, 0.15) is 6.92 Å². The fraction of sp³-hybridized carbons (Fsp3) is 0.357. The van der Waals surface area contributed by atoms with Gasteiger partial charge in [0.05, 0.1) is 18.4 Å². The molecule has 9 nitrogen and oxygen atoms in total. The number of amides is 3. The maximum atomic E-state index is 11.8. The van der Waals surface area contributed by atoms with Gasteiger partial charge in [0.15, 0.2) is 11.0 Å². The number of methoxy groups -OCH3 is 1. The summed E-state index contributed by atoms with van der Waals surface area (Å²) in [7, 11) is 1.60. The van der Waals surface area contributed by atoms with E-state index in [-0.39, 0.29) is 0 Å². The van der Waals surface area contributed by atoms with Crippen molar-refractivity contribution in [2.24, 2.45) is 5.73 Å². The summed E-state index contributed by atoms with van der Waals surface area (Å²) in [4.78, 5) is 26.6.